The van der Waals surface area contributed by atoms with E-state index in [1.165, 1.54) is 15.6 Å². The molecule has 2 aromatic heterocycles. The highest BCUT2D eigenvalue weighted by Gasteiger charge is 2.10. The van der Waals surface area contributed by atoms with Crippen LogP contribution in [-0.2, 0) is 6.54 Å². The normalized spacial score (nSPS) is 11.3. The quantitative estimate of drug-likeness (QED) is 0.515. The van der Waals surface area contributed by atoms with Crippen molar-refractivity contribution in [1.29, 1.82) is 0 Å². The molecule has 0 unspecified atom stereocenters. The Balaban J connectivity index is 1.69. The Morgan fingerprint density at radius 3 is 2.90 bits per heavy atom. The number of nitrogens with zero attached hydrogens (tertiary/aromatic N) is 1. The minimum Gasteiger partial charge on any atom is -0.378 e. The minimum absolute atomic E-state index is 0.716. The summed E-state index contributed by atoms with van der Waals surface area (Å²) in [7, 11) is 0. The summed E-state index contributed by atoms with van der Waals surface area (Å²) in [5, 5.41) is 7.67. The van der Waals surface area contributed by atoms with Crippen molar-refractivity contribution in [2.24, 2.45) is 0 Å². The number of thiazole rings is 1. The number of halogens is 1. The first-order valence-corrected chi connectivity index (χ1v) is 8.67. The molecule has 0 fully saturated rings. The first-order valence-electron chi connectivity index (χ1n) is 6.53. The largest absolute Gasteiger partial charge is 0.378 e. The van der Waals surface area contributed by atoms with E-state index in [0.717, 1.165) is 22.4 Å². The third-order valence-corrected chi connectivity index (χ3v) is 5.59. The molecule has 2 nitrogen and oxygen atoms in total. The van der Waals surface area contributed by atoms with Crippen LogP contribution in [0.2, 0.25) is 5.02 Å². The molecule has 0 amide bonds. The van der Waals surface area contributed by atoms with Crippen molar-refractivity contribution >= 4 is 60.3 Å². The molecule has 2 heterocycles. The van der Waals surface area contributed by atoms with E-state index in [1.54, 1.807) is 22.7 Å². The lowest BCUT2D eigenvalue weighted by atomic mass is 10.2. The molecule has 1 N–H and O–H groups in total. The first-order chi connectivity index (χ1) is 10.3. The predicted octanol–water partition coefficient (Wildman–Crippen LogP) is 5.78. The van der Waals surface area contributed by atoms with E-state index in [2.05, 4.69) is 39.9 Å². The fourth-order valence-corrected chi connectivity index (χ4v) is 4.29. The van der Waals surface area contributed by atoms with Gasteiger partial charge in [0.15, 0.2) is 0 Å². The maximum atomic E-state index is 6.32. The molecule has 0 spiro atoms. The van der Waals surface area contributed by atoms with Crippen molar-refractivity contribution in [3.05, 3.63) is 57.9 Å². The Morgan fingerprint density at radius 1 is 1.05 bits per heavy atom. The molecule has 0 bridgehead atoms. The summed E-state index contributed by atoms with van der Waals surface area (Å²) in [6.07, 6.45) is 0. The van der Waals surface area contributed by atoms with E-state index < -0.39 is 0 Å². The van der Waals surface area contributed by atoms with Crippen LogP contribution in [0.1, 0.15) is 5.56 Å². The average molecular weight is 331 g/mol. The Hall–Kier alpha value is -1.62. The minimum atomic E-state index is 0.716. The van der Waals surface area contributed by atoms with Crippen LogP contribution in [0, 0.1) is 0 Å². The van der Waals surface area contributed by atoms with Crippen molar-refractivity contribution in [2.75, 3.05) is 5.32 Å². The van der Waals surface area contributed by atoms with Crippen molar-refractivity contribution in [2.45, 2.75) is 6.54 Å². The zero-order valence-electron chi connectivity index (χ0n) is 11.0. The van der Waals surface area contributed by atoms with Crippen molar-refractivity contribution in [3.63, 3.8) is 0 Å². The van der Waals surface area contributed by atoms with Crippen LogP contribution in [0.15, 0.2) is 47.3 Å². The summed E-state index contributed by atoms with van der Waals surface area (Å²) < 4.78 is 2.46. The molecule has 4 rings (SSSR count). The van der Waals surface area contributed by atoms with Gasteiger partial charge in [-0.25, -0.2) is 4.98 Å². The summed E-state index contributed by atoms with van der Waals surface area (Å²) in [5.74, 6) is 0. The SMILES string of the molecule is Clc1ccc2scnc2c1NCc1csc2ccccc12. The molecule has 2 aromatic carbocycles. The van der Waals surface area contributed by atoms with Gasteiger partial charge in [-0.3, -0.25) is 0 Å². The zero-order chi connectivity index (χ0) is 14.2. The number of hydrogen-bond acceptors (Lipinski definition) is 4. The Labute approximate surface area is 135 Å². The molecular weight excluding hydrogens is 320 g/mol. The third-order valence-electron chi connectivity index (χ3n) is 3.47. The molecule has 0 aliphatic heterocycles. The standard InChI is InChI=1S/C16H11ClN2S2/c17-12-5-6-14-16(19-9-21-14)15(12)18-7-10-8-20-13-4-2-1-3-11(10)13/h1-6,8-9,18H,7H2. The van der Waals surface area contributed by atoms with Crippen LogP contribution >= 0.6 is 34.3 Å². The van der Waals surface area contributed by atoms with Gasteiger partial charge in [-0.2, -0.15) is 0 Å². The number of nitrogens with one attached hydrogen (secondary N) is 1. The lowest BCUT2D eigenvalue weighted by Crippen LogP contribution is -2.00. The van der Waals surface area contributed by atoms with Crippen LogP contribution in [-0.4, -0.2) is 4.98 Å². The summed E-state index contributed by atoms with van der Waals surface area (Å²) in [6.45, 7) is 0.750. The monoisotopic (exact) mass is 330 g/mol. The molecule has 0 saturated carbocycles. The van der Waals surface area contributed by atoms with Crippen LogP contribution in [0.4, 0.5) is 5.69 Å². The first kappa shape index (κ1) is 13.1. The fraction of sp³-hybridized carbons (Fsp3) is 0.0625. The Bertz CT molecular complexity index is 926. The van der Waals surface area contributed by atoms with Gasteiger partial charge in [0.1, 0.15) is 5.52 Å². The molecule has 104 valence electrons. The second kappa shape index (κ2) is 5.30. The summed E-state index contributed by atoms with van der Waals surface area (Å²) in [6, 6.07) is 12.4. The van der Waals surface area contributed by atoms with Crippen molar-refractivity contribution in [1.82, 2.24) is 4.98 Å². The summed E-state index contributed by atoms with van der Waals surface area (Å²) in [5.41, 5.74) is 5.02. The van der Waals surface area contributed by atoms with E-state index in [0.29, 0.717) is 5.02 Å². The van der Waals surface area contributed by atoms with Crippen LogP contribution in [0.3, 0.4) is 0 Å². The highest BCUT2D eigenvalue weighted by molar-refractivity contribution is 7.17. The Kier molecular flexibility index (Phi) is 3.30. The van der Waals surface area contributed by atoms with Gasteiger partial charge in [0.25, 0.3) is 0 Å². The maximum absolute atomic E-state index is 6.32. The molecule has 0 atom stereocenters. The number of aromatic nitrogens is 1. The molecule has 21 heavy (non-hydrogen) atoms. The summed E-state index contributed by atoms with van der Waals surface area (Å²) in [4.78, 5) is 4.42. The zero-order valence-corrected chi connectivity index (χ0v) is 13.4. The van der Waals surface area contributed by atoms with E-state index in [1.807, 2.05) is 17.6 Å². The topological polar surface area (TPSA) is 24.9 Å². The van der Waals surface area contributed by atoms with Gasteiger partial charge in [0, 0.05) is 11.2 Å². The van der Waals surface area contributed by atoms with Crippen molar-refractivity contribution in [3.8, 4) is 0 Å². The second-order valence-corrected chi connectivity index (χ2v) is 6.94. The number of rotatable bonds is 3. The number of benzene rings is 2. The number of hydrogen-bond donors (Lipinski definition) is 1. The number of anilines is 1. The van der Waals surface area contributed by atoms with Crippen LogP contribution in [0.5, 0.6) is 0 Å². The van der Waals surface area contributed by atoms with E-state index >= 15 is 0 Å². The predicted molar refractivity (Wildman–Crippen MR) is 93.8 cm³/mol. The second-order valence-electron chi connectivity index (χ2n) is 4.73. The highest BCUT2D eigenvalue weighted by atomic mass is 35.5. The smallest absolute Gasteiger partial charge is 0.106 e. The fourth-order valence-electron chi connectivity index (χ4n) is 2.43. The third kappa shape index (κ3) is 2.29. The van der Waals surface area contributed by atoms with Gasteiger partial charge in [0.2, 0.25) is 0 Å². The van der Waals surface area contributed by atoms with Crippen LogP contribution < -0.4 is 5.32 Å². The molecule has 0 radical (unpaired) electrons. The maximum Gasteiger partial charge on any atom is 0.106 e. The molecule has 0 saturated heterocycles. The average Bonchev–Trinajstić information content (AvgIpc) is 3.13. The number of fused-ring (bicyclic) bond motifs is 2. The van der Waals surface area contributed by atoms with Gasteiger partial charge in [-0.05, 0) is 34.5 Å². The molecule has 5 heteroatoms. The van der Waals surface area contributed by atoms with Crippen molar-refractivity contribution < 1.29 is 0 Å². The number of thiophene rings is 1. The molecule has 0 aliphatic rings. The van der Waals surface area contributed by atoms with E-state index in [4.69, 9.17) is 11.6 Å². The van der Waals surface area contributed by atoms with E-state index in [9.17, 15) is 0 Å². The molecule has 0 aliphatic carbocycles. The van der Waals surface area contributed by atoms with Gasteiger partial charge in [0.05, 0.1) is 20.9 Å². The summed E-state index contributed by atoms with van der Waals surface area (Å²) >= 11 is 9.72. The van der Waals surface area contributed by atoms with Gasteiger partial charge in [-0.1, -0.05) is 29.8 Å². The Morgan fingerprint density at radius 2 is 1.95 bits per heavy atom. The van der Waals surface area contributed by atoms with Crippen LogP contribution in [0.25, 0.3) is 20.3 Å². The van der Waals surface area contributed by atoms with E-state index in [-0.39, 0.29) is 0 Å². The molecule has 4 aromatic rings. The van der Waals surface area contributed by atoms with Gasteiger partial charge >= 0.3 is 0 Å². The lowest BCUT2D eigenvalue weighted by Gasteiger charge is -2.08. The molecular formula is C16H11ClN2S2. The van der Waals surface area contributed by atoms with Gasteiger partial charge < -0.3 is 5.32 Å². The highest BCUT2D eigenvalue weighted by Crippen LogP contribution is 2.33. The lowest BCUT2D eigenvalue weighted by molar-refractivity contribution is 1.18. The van der Waals surface area contributed by atoms with Gasteiger partial charge in [-0.15, -0.1) is 22.7 Å².